The van der Waals surface area contributed by atoms with Crippen LogP contribution in [0.1, 0.15) is 48.2 Å². The minimum absolute atomic E-state index is 0. The molecule has 0 spiro atoms. The van der Waals surface area contributed by atoms with Crippen LogP contribution >= 0.6 is 11.6 Å². The molecule has 0 heterocycles. The molecule has 0 radical (unpaired) electrons. The zero-order valence-electron chi connectivity index (χ0n) is 17.5. The van der Waals surface area contributed by atoms with E-state index in [0.29, 0.717) is 42.5 Å². The predicted octanol–water partition coefficient (Wildman–Crippen LogP) is 0.355. The third-order valence-electron chi connectivity index (χ3n) is 4.82. The Morgan fingerprint density at radius 2 is 1.87 bits per heavy atom. The van der Waals surface area contributed by atoms with Gasteiger partial charge in [-0.2, -0.15) is 0 Å². The number of aliphatic hydroxyl groups excluding tert-OH is 1. The van der Waals surface area contributed by atoms with E-state index in [9.17, 15) is 9.90 Å². The summed E-state index contributed by atoms with van der Waals surface area (Å²) in [5.74, 6) is 1.84. The minimum Gasteiger partial charge on any atom is -1.00 e. The summed E-state index contributed by atoms with van der Waals surface area (Å²) in [6, 6.07) is 14.8. The van der Waals surface area contributed by atoms with E-state index in [4.69, 9.17) is 21.1 Å². The standard InChI is InChI=1S/C23H30ClNO4.ClH/c1-17(23(27)18-8-4-3-5-9-18)25-14-12-20(26)19-10-11-21(22(16-19)28-2)29-15-7-6-13-24;/h3-5,8-11,16-17,23,25,27H,6-7,12-15H2,1-2H3;1H. The topological polar surface area (TPSA) is 72.4 Å². The Hall–Kier alpha value is -1.79. The lowest BCUT2D eigenvalue weighted by Gasteiger charge is -2.17. The van der Waals surface area contributed by atoms with Gasteiger partial charge in [0.15, 0.2) is 17.3 Å². The molecule has 5 nitrogen and oxygen atoms in total. The summed E-state index contributed by atoms with van der Waals surface area (Å²) < 4.78 is 11.1. The third kappa shape index (κ3) is 8.15. The van der Waals surface area contributed by atoms with E-state index in [-0.39, 0.29) is 24.2 Å². The Bertz CT molecular complexity index is 758. The second-order valence-corrected chi connectivity index (χ2v) is 7.40. The Morgan fingerprint density at radius 1 is 1.13 bits per heavy atom. The lowest BCUT2D eigenvalue weighted by atomic mass is 10.0. The molecule has 0 fully saturated rings. The molecule has 30 heavy (non-hydrogen) atoms. The van der Waals surface area contributed by atoms with Gasteiger partial charge in [0.25, 0.3) is 0 Å². The van der Waals surface area contributed by atoms with Gasteiger partial charge in [-0.05, 0) is 43.5 Å². The summed E-state index contributed by atoms with van der Waals surface area (Å²) in [5, 5.41) is 12.4. The van der Waals surface area contributed by atoms with Crippen molar-refractivity contribution in [2.24, 2.45) is 0 Å². The molecule has 0 aliphatic carbocycles. The van der Waals surface area contributed by atoms with Gasteiger partial charge in [-0.25, -0.2) is 0 Å². The van der Waals surface area contributed by atoms with Gasteiger partial charge >= 0.3 is 0 Å². The molecule has 2 atom stereocenters. The van der Waals surface area contributed by atoms with E-state index < -0.39 is 6.10 Å². The maximum absolute atomic E-state index is 12.6. The number of nitrogens with two attached hydrogens (primary N) is 1. The van der Waals surface area contributed by atoms with E-state index in [1.54, 1.807) is 25.3 Å². The molecule has 0 saturated heterocycles. The highest BCUT2D eigenvalue weighted by Gasteiger charge is 2.19. The predicted molar refractivity (Wildman–Crippen MR) is 115 cm³/mol. The van der Waals surface area contributed by atoms with Crippen LogP contribution in [0, 0.1) is 0 Å². The number of rotatable bonds is 13. The van der Waals surface area contributed by atoms with Gasteiger partial charge in [0, 0.05) is 11.4 Å². The number of benzene rings is 2. The summed E-state index contributed by atoms with van der Waals surface area (Å²) in [6.07, 6.45) is 1.58. The molecule has 2 unspecified atom stereocenters. The fourth-order valence-electron chi connectivity index (χ4n) is 3.04. The maximum Gasteiger partial charge on any atom is 0.168 e. The molecular weight excluding hydrogens is 425 g/mol. The van der Waals surface area contributed by atoms with E-state index in [0.717, 1.165) is 18.4 Å². The Balaban J connectivity index is 0.00000450. The fourth-order valence-corrected chi connectivity index (χ4v) is 3.23. The van der Waals surface area contributed by atoms with Crippen molar-refractivity contribution in [2.45, 2.75) is 38.3 Å². The first-order valence-corrected chi connectivity index (χ1v) is 10.6. The SMILES string of the molecule is COc1cc(C(=O)CC[NH2+]C(C)C(O)c2ccccc2)ccc1OCCCCCl.[Cl-]. The number of methoxy groups -OCH3 is 1. The van der Waals surface area contributed by atoms with Crippen molar-refractivity contribution in [3.8, 4) is 11.5 Å². The van der Waals surface area contributed by atoms with E-state index in [1.807, 2.05) is 42.6 Å². The van der Waals surface area contributed by atoms with Crippen molar-refractivity contribution in [3.63, 3.8) is 0 Å². The third-order valence-corrected chi connectivity index (χ3v) is 5.09. The molecule has 2 rings (SSSR count). The summed E-state index contributed by atoms with van der Waals surface area (Å²) in [6.45, 7) is 3.12. The molecule has 2 aromatic carbocycles. The van der Waals surface area contributed by atoms with Crippen LogP contribution in [0.3, 0.4) is 0 Å². The number of aliphatic hydroxyl groups is 1. The second kappa shape index (κ2) is 14.3. The van der Waals surface area contributed by atoms with Gasteiger partial charge in [0.2, 0.25) is 0 Å². The normalized spacial score (nSPS) is 12.5. The fraction of sp³-hybridized carbons (Fsp3) is 0.435. The van der Waals surface area contributed by atoms with Crippen LogP contribution in [-0.4, -0.2) is 43.1 Å². The van der Waals surface area contributed by atoms with Crippen molar-refractivity contribution in [3.05, 3.63) is 59.7 Å². The highest BCUT2D eigenvalue weighted by atomic mass is 35.5. The van der Waals surface area contributed by atoms with Crippen LogP contribution in [0.4, 0.5) is 0 Å². The monoisotopic (exact) mass is 455 g/mol. The molecule has 7 heteroatoms. The van der Waals surface area contributed by atoms with Gasteiger partial charge in [0.05, 0.1) is 26.7 Å². The molecule has 2 aromatic rings. The number of unbranched alkanes of at least 4 members (excludes halogenated alkanes) is 1. The zero-order valence-corrected chi connectivity index (χ0v) is 19.0. The summed E-state index contributed by atoms with van der Waals surface area (Å²) in [4.78, 5) is 12.6. The van der Waals surface area contributed by atoms with Gasteiger partial charge < -0.3 is 32.3 Å². The van der Waals surface area contributed by atoms with Gasteiger partial charge in [-0.1, -0.05) is 30.3 Å². The quantitative estimate of drug-likeness (QED) is 0.259. The molecular formula is C23H31Cl2NO4. The lowest BCUT2D eigenvalue weighted by Crippen LogP contribution is -3.00. The van der Waals surface area contributed by atoms with Crippen molar-refractivity contribution in [1.29, 1.82) is 0 Å². The highest BCUT2D eigenvalue weighted by molar-refractivity contribution is 6.17. The van der Waals surface area contributed by atoms with Crippen LogP contribution in [0.25, 0.3) is 0 Å². The Labute approximate surface area is 190 Å². The zero-order chi connectivity index (χ0) is 21.1. The second-order valence-electron chi connectivity index (χ2n) is 7.02. The molecule has 0 aliphatic heterocycles. The maximum atomic E-state index is 12.6. The van der Waals surface area contributed by atoms with E-state index >= 15 is 0 Å². The first kappa shape index (κ1) is 26.2. The number of carbonyl (C=O) groups is 1. The van der Waals surface area contributed by atoms with E-state index in [1.165, 1.54) is 0 Å². The number of ketones is 1. The van der Waals surface area contributed by atoms with Crippen molar-refractivity contribution < 1.29 is 37.1 Å². The number of ether oxygens (including phenoxy) is 2. The molecule has 0 aromatic heterocycles. The van der Waals surface area contributed by atoms with Gasteiger partial charge in [0.1, 0.15) is 12.1 Å². The average Bonchev–Trinajstić information content (AvgIpc) is 2.76. The van der Waals surface area contributed by atoms with E-state index in [2.05, 4.69) is 0 Å². The number of quaternary nitrogens is 1. The molecule has 166 valence electrons. The molecule has 0 bridgehead atoms. The number of hydrogen-bond acceptors (Lipinski definition) is 4. The number of alkyl halides is 1. The van der Waals surface area contributed by atoms with Crippen molar-refractivity contribution >= 4 is 17.4 Å². The highest BCUT2D eigenvalue weighted by Crippen LogP contribution is 2.28. The van der Waals surface area contributed by atoms with Crippen LogP contribution in [0.15, 0.2) is 48.5 Å². The van der Waals surface area contributed by atoms with Gasteiger partial charge in [-0.15, -0.1) is 11.6 Å². The lowest BCUT2D eigenvalue weighted by molar-refractivity contribution is -0.693. The number of hydrogen-bond donors (Lipinski definition) is 2. The first-order valence-electron chi connectivity index (χ1n) is 10.0. The number of carbonyl (C=O) groups excluding carboxylic acids is 1. The molecule has 0 amide bonds. The Kier molecular flexibility index (Phi) is 12.5. The van der Waals surface area contributed by atoms with Crippen LogP contribution in [0.2, 0.25) is 0 Å². The smallest absolute Gasteiger partial charge is 0.168 e. The van der Waals surface area contributed by atoms with Crippen LogP contribution < -0.4 is 27.2 Å². The minimum atomic E-state index is -0.568. The summed E-state index contributed by atoms with van der Waals surface area (Å²) in [7, 11) is 1.57. The summed E-state index contributed by atoms with van der Waals surface area (Å²) >= 11 is 5.67. The summed E-state index contributed by atoms with van der Waals surface area (Å²) in [5.41, 5.74) is 1.48. The van der Waals surface area contributed by atoms with Crippen molar-refractivity contribution in [2.75, 3.05) is 26.1 Å². The van der Waals surface area contributed by atoms with Crippen LogP contribution in [0.5, 0.6) is 11.5 Å². The number of Topliss-reactive ketones (excluding diaryl/α,β-unsaturated/α-hetero) is 1. The van der Waals surface area contributed by atoms with Crippen LogP contribution in [-0.2, 0) is 0 Å². The molecule has 0 saturated carbocycles. The largest absolute Gasteiger partial charge is 1.00 e. The molecule has 3 N–H and O–H groups in total. The first-order chi connectivity index (χ1) is 14.1. The average molecular weight is 456 g/mol. The van der Waals surface area contributed by atoms with Crippen molar-refractivity contribution in [1.82, 2.24) is 0 Å². The van der Waals surface area contributed by atoms with Gasteiger partial charge in [-0.3, -0.25) is 4.79 Å². The molecule has 0 aliphatic rings. The Morgan fingerprint density at radius 3 is 2.53 bits per heavy atom. The number of halogens is 2.